The first-order chi connectivity index (χ1) is 17.6. The maximum absolute atomic E-state index is 12.9. The fourth-order valence-corrected chi connectivity index (χ4v) is 3.72. The highest BCUT2D eigenvalue weighted by Crippen LogP contribution is 2.18. The molecule has 0 saturated carbocycles. The zero-order chi connectivity index (χ0) is 24.9. The molecule has 0 saturated heterocycles. The minimum absolute atomic E-state index is 0. The molecular weight excluding hydrogens is 490 g/mol. The molecule has 186 valence electrons. The normalized spacial score (nSPS) is 10.5. The number of pyridine rings is 2. The van der Waals surface area contributed by atoms with E-state index < -0.39 is 0 Å². The molecule has 0 N–H and O–H groups in total. The molecule has 0 spiro atoms. The molecule has 0 amide bonds. The Hall–Kier alpha value is -4.49. The lowest BCUT2D eigenvalue weighted by atomic mass is 10.0. The Kier molecular flexibility index (Phi) is 7.95. The van der Waals surface area contributed by atoms with E-state index in [2.05, 4.69) is 9.97 Å². The molecule has 0 bridgehead atoms. The van der Waals surface area contributed by atoms with Gasteiger partial charge in [-0.15, -0.1) is 12.4 Å². The summed E-state index contributed by atoms with van der Waals surface area (Å²) in [6, 6.07) is 23.5. The Morgan fingerprint density at radius 3 is 2.14 bits per heavy atom. The molecule has 7 nitrogen and oxygen atoms in total. The van der Waals surface area contributed by atoms with Gasteiger partial charge >= 0.3 is 0 Å². The molecule has 5 rings (SSSR count). The molecule has 3 aromatic heterocycles. The van der Waals surface area contributed by atoms with Crippen LogP contribution in [0.5, 0.6) is 11.6 Å². The smallest absolute Gasteiger partial charge is 0.264 e. The van der Waals surface area contributed by atoms with Crippen molar-refractivity contribution in [2.24, 2.45) is 0 Å². The monoisotopic (exact) mass is 513 g/mol. The van der Waals surface area contributed by atoms with Crippen LogP contribution in [0.4, 0.5) is 0 Å². The molecule has 0 unspecified atom stereocenters. The minimum atomic E-state index is -0.162. The second kappa shape index (κ2) is 11.5. The molecule has 0 radical (unpaired) electrons. The summed E-state index contributed by atoms with van der Waals surface area (Å²) in [5.74, 6) is 0.911. The highest BCUT2D eigenvalue weighted by atomic mass is 35.5. The van der Waals surface area contributed by atoms with E-state index in [1.54, 1.807) is 74.0 Å². The van der Waals surface area contributed by atoms with Crippen LogP contribution in [-0.4, -0.2) is 20.2 Å². The third-order valence-corrected chi connectivity index (χ3v) is 5.78. The molecule has 0 aliphatic carbocycles. The van der Waals surface area contributed by atoms with Crippen molar-refractivity contribution < 1.29 is 14.3 Å². The zero-order valence-electron chi connectivity index (χ0n) is 20.0. The number of nitrogens with zero attached hydrogens (tertiary/aromatic N) is 3. The van der Waals surface area contributed by atoms with Crippen molar-refractivity contribution in [3.8, 4) is 11.6 Å². The van der Waals surface area contributed by atoms with Gasteiger partial charge in [0.05, 0.1) is 5.56 Å². The van der Waals surface area contributed by atoms with Gasteiger partial charge in [0.1, 0.15) is 24.6 Å². The second-order valence-electron chi connectivity index (χ2n) is 8.26. The predicted molar refractivity (Wildman–Crippen MR) is 143 cm³/mol. The van der Waals surface area contributed by atoms with Gasteiger partial charge in [-0.3, -0.25) is 19.0 Å². The van der Waals surface area contributed by atoms with Crippen LogP contribution in [0.15, 0.2) is 102 Å². The van der Waals surface area contributed by atoms with Crippen LogP contribution in [-0.2, 0) is 13.2 Å². The summed E-state index contributed by atoms with van der Waals surface area (Å²) in [6.07, 6.45) is 5.13. The number of halogens is 1. The van der Waals surface area contributed by atoms with Gasteiger partial charge in [-0.25, -0.2) is 0 Å². The summed E-state index contributed by atoms with van der Waals surface area (Å²) in [5, 5.41) is 0. The van der Waals surface area contributed by atoms with Crippen LogP contribution in [0.1, 0.15) is 32.6 Å². The van der Waals surface area contributed by atoms with E-state index in [0.29, 0.717) is 40.6 Å². The van der Waals surface area contributed by atoms with Gasteiger partial charge in [-0.2, -0.15) is 4.98 Å². The fourth-order valence-electron chi connectivity index (χ4n) is 3.72. The molecule has 3 heterocycles. The topological polar surface area (TPSA) is 82.8 Å². The van der Waals surface area contributed by atoms with E-state index in [9.17, 15) is 9.59 Å². The third-order valence-electron chi connectivity index (χ3n) is 5.78. The van der Waals surface area contributed by atoms with Crippen molar-refractivity contribution in [1.29, 1.82) is 0 Å². The number of hydrogen-bond acceptors (Lipinski definition) is 6. The standard InChI is InChI=1S/C29H23N3O4.ClH/c1-20-28(31-26-4-2-3-17-32(26)29(20)34)36-19-21-5-7-23(8-6-21)27(33)24-9-11-25(12-10-24)35-18-22-13-15-30-16-14-22;/h2-17H,18-19H2,1H3;1H. The lowest BCUT2D eigenvalue weighted by Crippen LogP contribution is -2.19. The van der Waals surface area contributed by atoms with Gasteiger partial charge in [0.2, 0.25) is 5.88 Å². The maximum atomic E-state index is 12.9. The lowest BCUT2D eigenvalue weighted by Gasteiger charge is -2.10. The SMILES string of the molecule is Cc1c(OCc2ccc(C(=O)c3ccc(OCc4ccncc4)cc3)cc2)nc2ccccn2c1=O.Cl. The Morgan fingerprint density at radius 1 is 0.811 bits per heavy atom. The maximum Gasteiger partial charge on any atom is 0.264 e. The van der Waals surface area contributed by atoms with Crippen LogP contribution in [0.25, 0.3) is 5.65 Å². The number of ketones is 1. The first-order valence-corrected chi connectivity index (χ1v) is 11.4. The molecule has 0 aliphatic heterocycles. The Balaban J connectivity index is 0.00000320. The van der Waals surface area contributed by atoms with Gasteiger partial charge in [-0.1, -0.05) is 30.3 Å². The van der Waals surface area contributed by atoms with E-state index in [1.165, 1.54) is 4.40 Å². The Morgan fingerprint density at radius 2 is 1.43 bits per heavy atom. The van der Waals surface area contributed by atoms with Crippen molar-refractivity contribution in [1.82, 2.24) is 14.4 Å². The third kappa shape index (κ3) is 5.85. The average Bonchev–Trinajstić information content (AvgIpc) is 2.94. The van der Waals surface area contributed by atoms with Gasteiger partial charge in [0.25, 0.3) is 5.56 Å². The fraction of sp³-hybridized carbons (Fsp3) is 0.103. The van der Waals surface area contributed by atoms with Gasteiger partial charge in [0, 0.05) is 29.7 Å². The molecule has 37 heavy (non-hydrogen) atoms. The van der Waals surface area contributed by atoms with Crippen LogP contribution in [0.2, 0.25) is 0 Å². The van der Waals surface area contributed by atoms with Crippen molar-refractivity contribution >= 4 is 23.8 Å². The first kappa shape index (κ1) is 25.6. The Bertz CT molecular complexity index is 1570. The van der Waals surface area contributed by atoms with Crippen LogP contribution < -0.4 is 15.0 Å². The number of benzene rings is 2. The summed E-state index contributed by atoms with van der Waals surface area (Å²) in [6.45, 7) is 2.36. The van der Waals surface area contributed by atoms with Crippen molar-refractivity contribution in [2.75, 3.05) is 0 Å². The number of carbonyl (C=O) groups is 1. The number of rotatable bonds is 8. The largest absolute Gasteiger partial charge is 0.489 e. The number of fused-ring (bicyclic) bond motifs is 1. The number of ether oxygens (including phenoxy) is 2. The summed E-state index contributed by atoms with van der Waals surface area (Å²) < 4.78 is 13.1. The molecular formula is C29H24ClN3O4. The van der Waals surface area contributed by atoms with E-state index in [4.69, 9.17) is 9.47 Å². The molecule has 8 heteroatoms. The van der Waals surface area contributed by atoms with Gasteiger partial charge < -0.3 is 9.47 Å². The number of carbonyl (C=O) groups excluding carboxylic acids is 1. The quantitative estimate of drug-likeness (QED) is 0.265. The van der Waals surface area contributed by atoms with Crippen molar-refractivity contribution in [3.63, 3.8) is 0 Å². The minimum Gasteiger partial charge on any atom is -0.489 e. The van der Waals surface area contributed by atoms with Gasteiger partial charge in [0.15, 0.2) is 5.78 Å². The summed E-state index contributed by atoms with van der Waals surface area (Å²) in [5.41, 5.74) is 3.84. The van der Waals surface area contributed by atoms with E-state index in [-0.39, 0.29) is 30.4 Å². The highest BCUT2D eigenvalue weighted by molar-refractivity contribution is 6.09. The van der Waals surface area contributed by atoms with E-state index >= 15 is 0 Å². The summed E-state index contributed by atoms with van der Waals surface area (Å²) in [7, 11) is 0. The summed E-state index contributed by atoms with van der Waals surface area (Å²) in [4.78, 5) is 33.9. The van der Waals surface area contributed by atoms with Crippen molar-refractivity contribution in [3.05, 3.63) is 136 Å². The zero-order valence-corrected chi connectivity index (χ0v) is 20.9. The highest BCUT2D eigenvalue weighted by Gasteiger charge is 2.12. The number of aromatic nitrogens is 3. The average molecular weight is 514 g/mol. The van der Waals surface area contributed by atoms with Crippen molar-refractivity contribution in [2.45, 2.75) is 20.1 Å². The van der Waals surface area contributed by atoms with Crippen LogP contribution >= 0.6 is 12.4 Å². The molecule has 0 atom stereocenters. The van der Waals surface area contributed by atoms with Crippen LogP contribution in [0.3, 0.4) is 0 Å². The van der Waals surface area contributed by atoms with Crippen LogP contribution in [0, 0.1) is 6.92 Å². The molecule has 0 aliphatic rings. The van der Waals surface area contributed by atoms with E-state index in [1.807, 2.05) is 30.3 Å². The molecule has 5 aromatic rings. The van der Waals surface area contributed by atoms with E-state index in [0.717, 1.165) is 11.1 Å². The molecule has 2 aromatic carbocycles. The van der Waals surface area contributed by atoms with Gasteiger partial charge in [-0.05, 0) is 66.6 Å². The number of hydrogen-bond donors (Lipinski definition) is 0. The summed E-state index contributed by atoms with van der Waals surface area (Å²) >= 11 is 0. The lowest BCUT2D eigenvalue weighted by molar-refractivity contribution is 0.103. The Labute approximate surface area is 219 Å². The first-order valence-electron chi connectivity index (χ1n) is 11.4. The predicted octanol–water partition coefficient (Wildman–Crippen LogP) is 5.21. The molecule has 0 fully saturated rings. The second-order valence-corrected chi connectivity index (χ2v) is 8.26.